The van der Waals surface area contributed by atoms with Gasteiger partial charge in [0.1, 0.15) is 11.4 Å². The van der Waals surface area contributed by atoms with Crippen LogP contribution in [-0.2, 0) is 6.18 Å². The lowest BCUT2D eigenvalue weighted by atomic mass is 10.2. The van der Waals surface area contributed by atoms with Crippen LogP contribution in [-0.4, -0.2) is 56.3 Å². The highest BCUT2D eigenvalue weighted by molar-refractivity contribution is 5.95. The van der Waals surface area contributed by atoms with Crippen LogP contribution in [0.4, 0.5) is 13.2 Å². The topological polar surface area (TPSA) is 95.8 Å². The number of ether oxygens (including phenoxy) is 1. The molecule has 2 unspecified atom stereocenters. The van der Waals surface area contributed by atoms with Crippen LogP contribution in [0.5, 0.6) is 11.6 Å². The highest BCUT2D eigenvalue weighted by atomic mass is 19.4. The molecule has 3 heterocycles. The largest absolute Gasteiger partial charge is 0.439 e. The molecule has 10 heteroatoms. The number of β-amino-alcohol motifs (C(OH)–C–C–N with tert-alkyl or cyclic N) is 2. The number of aliphatic hydroxyl groups excluding tert-OH is 2. The van der Waals surface area contributed by atoms with Gasteiger partial charge in [-0.3, -0.25) is 4.79 Å². The summed E-state index contributed by atoms with van der Waals surface area (Å²) in [6, 6.07) is 9.99. The van der Waals surface area contributed by atoms with E-state index in [-0.39, 0.29) is 24.7 Å². The highest BCUT2D eigenvalue weighted by Crippen LogP contribution is 2.30. The number of amides is 1. The molecular weight excluding hydrogens is 403 g/mol. The van der Waals surface area contributed by atoms with E-state index in [0.717, 1.165) is 12.1 Å². The van der Waals surface area contributed by atoms with Gasteiger partial charge in [0.15, 0.2) is 0 Å². The van der Waals surface area contributed by atoms with Gasteiger partial charge in [0.25, 0.3) is 5.91 Å². The van der Waals surface area contributed by atoms with Gasteiger partial charge >= 0.3 is 6.18 Å². The molecule has 1 saturated heterocycles. The summed E-state index contributed by atoms with van der Waals surface area (Å²) in [7, 11) is 0. The van der Waals surface area contributed by atoms with Crippen LogP contribution in [0, 0.1) is 0 Å². The Kier molecular flexibility index (Phi) is 5.04. The van der Waals surface area contributed by atoms with E-state index in [4.69, 9.17) is 4.74 Å². The minimum atomic E-state index is -4.47. The molecule has 1 amide bonds. The summed E-state index contributed by atoms with van der Waals surface area (Å²) in [6.45, 7) is 0.0687. The van der Waals surface area contributed by atoms with Gasteiger partial charge in [0.2, 0.25) is 5.88 Å². The number of pyridine rings is 2. The van der Waals surface area contributed by atoms with Gasteiger partial charge in [-0.25, -0.2) is 9.97 Å². The average Bonchev–Trinajstić information content (AvgIpc) is 3.05. The fourth-order valence-corrected chi connectivity index (χ4v) is 3.11. The maximum Gasteiger partial charge on any atom is 0.417 e. The predicted molar refractivity (Wildman–Crippen MR) is 99.0 cm³/mol. The van der Waals surface area contributed by atoms with Crippen molar-refractivity contribution < 1.29 is 32.9 Å². The first-order valence-electron chi connectivity index (χ1n) is 8.98. The Balaban J connectivity index is 1.51. The number of carbonyl (C=O) groups excluding carboxylic acids is 1. The quantitative estimate of drug-likeness (QED) is 0.678. The van der Waals surface area contributed by atoms with Crippen LogP contribution in [0.2, 0.25) is 0 Å². The van der Waals surface area contributed by atoms with E-state index in [1.165, 1.54) is 11.0 Å². The third-order valence-electron chi connectivity index (χ3n) is 4.71. The first-order chi connectivity index (χ1) is 14.2. The number of rotatable bonds is 3. The number of fused-ring (bicyclic) bond motifs is 1. The lowest BCUT2D eigenvalue weighted by Crippen LogP contribution is -2.30. The van der Waals surface area contributed by atoms with E-state index in [1.54, 1.807) is 24.3 Å². The predicted octanol–water partition coefficient (Wildman–Crippen LogP) is 2.62. The molecule has 1 aliphatic heterocycles. The summed E-state index contributed by atoms with van der Waals surface area (Å²) in [5.41, 5.74) is -0.191. The monoisotopic (exact) mass is 419 g/mol. The van der Waals surface area contributed by atoms with E-state index >= 15 is 0 Å². The molecule has 2 atom stereocenters. The molecule has 156 valence electrons. The molecule has 3 aromatic rings. The molecule has 0 bridgehead atoms. The molecule has 1 aliphatic rings. The Morgan fingerprint density at radius 2 is 1.80 bits per heavy atom. The maximum absolute atomic E-state index is 12.6. The van der Waals surface area contributed by atoms with Crippen molar-refractivity contribution in [3.8, 4) is 11.6 Å². The molecule has 0 radical (unpaired) electrons. The summed E-state index contributed by atoms with van der Waals surface area (Å²) in [6.07, 6.45) is -5.73. The average molecular weight is 419 g/mol. The van der Waals surface area contributed by atoms with Crippen molar-refractivity contribution in [1.82, 2.24) is 14.9 Å². The van der Waals surface area contributed by atoms with Gasteiger partial charge in [0.05, 0.1) is 23.3 Å². The SMILES string of the molecule is O=C(c1ccc2cc(Oc3ccc(C(F)(F)F)cn3)ccc2n1)N1CC(O)C(O)C1. The first-order valence-corrected chi connectivity index (χ1v) is 8.98. The zero-order chi connectivity index (χ0) is 21.5. The Labute approximate surface area is 168 Å². The van der Waals surface area contributed by atoms with E-state index in [0.29, 0.717) is 22.8 Å². The van der Waals surface area contributed by atoms with Crippen LogP contribution in [0.25, 0.3) is 10.9 Å². The number of hydrogen-bond donors (Lipinski definition) is 2. The minimum absolute atomic E-state index is 0.00764. The smallest absolute Gasteiger partial charge is 0.417 e. The highest BCUT2D eigenvalue weighted by Gasteiger charge is 2.33. The van der Waals surface area contributed by atoms with Crippen molar-refractivity contribution in [2.24, 2.45) is 0 Å². The second-order valence-electron chi connectivity index (χ2n) is 6.88. The summed E-state index contributed by atoms with van der Waals surface area (Å²) < 4.78 is 43.3. The van der Waals surface area contributed by atoms with Gasteiger partial charge in [-0.15, -0.1) is 0 Å². The normalized spacial score (nSPS) is 19.3. The number of halogens is 3. The zero-order valence-electron chi connectivity index (χ0n) is 15.4. The molecule has 2 aromatic heterocycles. The second kappa shape index (κ2) is 7.54. The number of carbonyl (C=O) groups is 1. The van der Waals surface area contributed by atoms with Gasteiger partial charge in [-0.05, 0) is 30.3 Å². The van der Waals surface area contributed by atoms with Crippen LogP contribution < -0.4 is 4.74 Å². The number of alkyl halides is 3. The molecule has 0 aliphatic carbocycles. The van der Waals surface area contributed by atoms with Crippen LogP contribution in [0.3, 0.4) is 0 Å². The molecule has 4 rings (SSSR count). The van der Waals surface area contributed by atoms with Crippen molar-refractivity contribution in [3.05, 3.63) is 59.9 Å². The number of hydrogen-bond acceptors (Lipinski definition) is 6. The van der Waals surface area contributed by atoms with Crippen molar-refractivity contribution in [1.29, 1.82) is 0 Å². The molecular formula is C20H16F3N3O4. The maximum atomic E-state index is 12.6. The van der Waals surface area contributed by atoms with E-state index < -0.39 is 29.9 Å². The molecule has 2 N–H and O–H groups in total. The molecule has 0 saturated carbocycles. The van der Waals surface area contributed by atoms with Crippen molar-refractivity contribution >= 4 is 16.8 Å². The van der Waals surface area contributed by atoms with Crippen molar-refractivity contribution in [3.63, 3.8) is 0 Å². The lowest BCUT2D eigenvalue weighted by Gasteiger charge is -2.15. The summed E-state index contributed by atoms with van der Waals surface area (Å²) in [5.74, 6) is -0.0449. The first kappa shape index (κ1) is 20.0. The molecule has 0 spiro atoms. The third kappa shape index (κ3) is 4.05. The summed E-state index contributed by atoms with van der Waals surface area (Å²) in [5, 5.41) is 19.9. The zero-order valence-corrected chi connectivity index (χ0v) is 15.4. The van der Waals surface area contributed by atoms with Gasteiger partial charge in [-0.2, -0.15) is 13.2 Å². The Morgan fingerprint density at radius 1 is 1.07 bits per heavy atom. The standard InChI is InChI=1S/C20H16F3N3O4/c21-20(22,23)12-2-6-18(24-8-12)30-13-3-5-14-11(7-13)1-4-15(25-14)19(29)26-9-16(27)17(28)10-26/h1-8,16-17,27-28H,9-10H2. The van der Waals surface area contributed by atoms with Crippen molar-refractivity contribution in [2.45, 2.75) is 18.4 Å². The van der Waals surface area contributed by atoms with Crippen LogP contribution >= 0.6 is 0 Å². The van der Waals surface area contributed by atoms with Crippen molar-refractivity contribution in [2.75, 3.05) is 13.1 Å². The Morgan fingerprint density at radius 3 is 2.43 bits per heavy atom. The molecule has 1 fully saturated rings. The van der Waals surface area contributed by atoms with Crippen LogP contribution in [0.15, 0.2) is 48.7 Å². The van der Waals surface area contributed by atoms with E-state index in [2.05, 4.69) is 9.97 Å². The Hall–Kier alpha value is -3.24. The number of aromatic nitrogens is 2. The van der Waals surface area contributed by atoms with E-state index in [1.807, 2.05) is 0 Å². The minimum Gasteiger partial charge on any atom is -0.439 e. The summed E-state index contributed by atoms with van der Waals surface area (Å²) in [4.78, 5) is 21.8. The number of nitrogens with zero attached hydrogens (tertiary/aromatic N) is 3. The fraction of sp³-hybridized carbons (Fsp3) is 0.250. The Bertz CT molecular complexity index is 1080. The van der Waals surface area contributed by atoms with Crippen LogP contribution in [0.1, 0.15) is 16.1 Å². The fourth-order valence-electron chi connectivity index (χ4n) is 3.11. The van der Waals surface area contributed by atoms with Gasteiger partial charge < -0.3 is 19.8 Å². The number of likely N-dealkylation sites (tertiary alicyclic amines) is 1. The molecule has 30 heavy (non-hydrogen) atoms. The van der Waals surface area contributed by atoms with Gasteiger partial charge in [0, 0.05) is 30.7 Å². The molecule has 7 nitrogen and oxygen atoms in total. The number of benzene rings is 1. The van der Waals surface area contributed by atoms with E-state index in [9.17, 15) is 28.2 Å². The molecule has 1 aromatic carbocycles. The number of aliphatic hydroxyl groups is 2. The third-order valence-corrected chi connectivity index (χ3v) is 4.71. The van der Waals surface area contributed by atoms with Gasteiger partial charge in [-0.1, -0.05) is 6.07 Å². The summed E-state index contributed by atoms with van der Waals surface area (Å²) >= 11 is 0. The second-order valence-corrected chi connectivity index (χ2v) is 6.88. The lowest BCUT2D eigenvalue weighted by molar-refractivity contribution is -0.137.